The number of carboxylic acid groups (broad SMARTS) is 1. The van der Waals surface area contributed by atoms with Gasteiger partial charge in [-0.1, -0.05) is 0 Å². The van der Waals surface area contributed by atoms with Crippen LogP contribution in [0, 0.1) is 11.6 Å². The molecule has 2 aliphatic rings. The van der Waals surface area contributed by atoms with Crippen molar-refractivity contribution in [3.05, 3.63) is 35.4 Å². The Balaban J connectivity index is 1.99. The first-order chi connectivity index (χ1) is 13.5. The number of ether oxygens (including phenoxy) is 1. The van der Waals surface area contributed by atoms with Crippen molar-refractivity contribution in [2.45, 2.75) is 70.1 Å². The van der Waals surface area contributed by atoms with Gasteiger partial charge in [-0.3, -0.25) is 4.79 Å². The van der Waals surface area contributed by atoms with Gasteiger partial charge in [-0.2, -0.15) is 0 Å². The van der Waals surface area contributed by atoms with Gasteiger partial charge in [-0.15, -0.1) is 0 Å². The summed E-state index contributed by atoms with van der Waals surface area (Å²) in [6, 6.07) is 1.95. The van der Waals surface area contributed by atoms with E-state index in [0.29, 0.717) is 18.4 Å². The zero-order valence-electron chi connectivity index (χ0n) is 16.6. The highest BCUT2D eigenvalue weighted by molar-refractivity contribution is 5.75. The number of rotatable bonds is 3. The SMILES string of the molecule is CC(=O)N1[C@@H](Cc2cc(F)cc(F)c2)[C@@H]([C@H]2CC[C@@H](O)CN2C(=O)O)OC1(C)C. The van der Waals surface area contributed by atoms with Crippen molar-refractivity contribution in [3.8, 4) is 0 Å². The number of amides is 2. The van der Waals surface area contributed by atoms with E-state index in [4.69, 9.17) is 4.74 Å². The third-order valence-corrected chi connectivity index (χ3v) is 5.65. The summed E-state index contributed by atoms with van der Waals surface area (Å²) in [6.45, 7) is 4.74. The number of hydrogen-bond acceptors (Lipinski definition) is 4. The van der Waals surface area contributed by atoms with Crippen molar-refractivity contribution in [3.63, 3.8) is 0 Å². The minimum absolute atomic E-state index is 0.0539. The summed E-state index contributed by atoms with van der Waals surface area (Å²) in [7, 11) is 0. The molecule has 2 fully saturated rings. The zero-order valence-corrected chi connectivity index (χ0v) is 16.6. The Bertz CT molecular complexity index is 783. The number of likely N-dealkylation sites (tertiary alicyclic amines) is 1. The Morgan fingerprint density at radius 1 is 1.21 bits per heavy atom. The maximum absolute atomic E-state index is 13.7. The lowest BCUT2D eigenvalue weighted by Crippen LogP contribution is -2.57. The fourth-order valence-electron chi connectivity index (χ4n) is 4.67. The van der Waals surface area contributed by atoms with Gasteiger partial charge in [0.2, 0.25) is 5.91 Å². The summed E-state index contributed by atoms with van der Waals surface area (Å²) in [4.78, 5) is 26.8. The molecule has 7 nitrogen and oxygen atoms in total. The van der Waals surface area contributed by atoms with Crippen molar-refractivity contribution in [2.24, 2.45) is 0 Å². The van der Waals surface area contributed by atoms with Gasteiger partial charge in [-0.05, 0) is 50.8 Å². The molecule has 3 rings (SSSR count). The van der Waals surface area contributed by atoms with Gasteiger partial charge in [0.05, 0.1) is 24.7 Å². The monoisotopic (exact) mass is 412 g/mol. The number of halogens is 2. The van der Waals surface area contributed by atoms with Crippen LogP contribution in [0.1, 0.15) is 39.2 Å². The van der Waals surface area contributed by atoms with Crippen LogP contribution in [0.5, 0.6) is 0 Å². The lowest BCUT2D eigenvalue weighted by atomic mass is 9.89. The molecule has 2 N–H and O–H groups in total. The molecule has 0 aliphatic carbocycles. The quantitative estimate of drug-likeness (QED) is 0.796. The van der Waals surface area contributed by atoms with E-state index in [9.17, 15) is 28.6 Å². The highest BCUT2D eigenvalue weighted by Gasteiger charge is 2.53. The lowest BCUT2D eigenvalue weighted by Gasteiger charge is -2.40. The number of benzene rings is 1. The van der Waals surface area contributed by atoms with Crippen LogP contribution < -0.4 is 0 Å². The van der Waals surface area contributed by atoms with E-state index >= 15 is 0 Å². The number of carbonyl (C=O) groups excluding carboxylic acids is 1. The fourth-order valence-corrected chi connectivity index (χ4v) is 4.67. The number of aliphatic hydroxyl groups excluding tert-OH is 1. The van der Waals surface area contributed by atoms with Crippen molar-refractivity contribution in [1.82, 2.24) is 9.80 Å². The fraction of sp³-hybridized carbons (Fsp3) is 0.600. The van der Waals surface area contributed by atoms with Crippen LogP contribution in [0.25, 0.3) is 0 Å². The predicted molar refractivity (Wildman–Crippen MR) is 99.1 cm³/mol. The second-order valence-corrected chi connectivity index (χ2v) is 8.20. The molecule has 2 heterocycles. The van der Waals surface area contributed by atoms with E-state index in [2.05, 4.69) is 0 Å². The normalized spacial score (nSPS) is 29.2. The number of aliphatic hydroxyl groups is 1. The van der Waals surface area contributed by atoms with Crippen LogP contribution in [-0.2, 0) is 16.0 Å². The van der Waals surface area contributed by atoms with E-state index in [-0.39, 0.29) is 18.9 Å². The first-order valence-corrected chi connectivity index (χ1v) is 9.60. The largest absolute Gasteiger partial charge is 0.465 e. The van der Waals surface area contributed by atoms with Crippen molar-refractivity contribution in [2.75, 3.05) is 6.54 Å². The number of carbonyl (C=O) groups is 2. The average Bonchev–Trinajstić information content (AvgIpc) is 2.84. The van der Waals surface area contributed by atoms with Crippen LogP contribution >= 0.6 is 0 Å². The third-order valence-electron chi connectivity index (χ3n) is 5.65. The molecule has 160 valence electrons. The van der Waals surface area contributed by atoms with E-state index in [0.717, 1.165) is 11.0 Å². The molecule has 0 saturated carbocycles. The minimum atomic E-state index is -1.19. The topological polar surface area (TPSA) is 90.3 Å². The summed E-state index contributed by atoms with van der Waals surface area (Å²) in [5.41, 5.74) is -0.671. The molecule has 2 aliphatic heterocycles. The summed E-state index contributed by atoms with van der Waals surface area (Å²) >= 11 is 0. The molecule has 2 saturated heterocycles. The molecule has 9 heteroatoms. The zero-order chi connectivity index (χ0) is 21.5. The van der Waals surface area contributed by atoms with E-state index in [1.54, 1.807) is 13.8 Å². The molecule has 2 amide bonds. The van der Waals surface area contributed by atoms with Gasteiger partial charge < -0.3 is 24.7 Å². The van der Waals surface area contributed by atoms with Gasteiger partial charge in [0.15, 0.2) is 0 Å². The Kier molecular flexibility index (Phi) is 5.82. The Morgan fingerprint density at radius 3 is 2.38 bits per heavy atom. The Hall–Kier alpha value is -2.26. The molecule has 1 aromatic rings. The van der Waals surface area contributed by atoms with Crippen molar-refractivity contribution < 1.29 is 33.3 Å². The Labute approximate surface area is 167 Å². The predicted octanol–water partition coefficient (Wildman–Crippen LogP) is 2.36. The van der Waals surface area contributed by atoms with Crippen LogP contribution in [-0.4, -0.2) is 68.6 Å². The van der Waals surface area contributed by atoms with Crippen molar-refractivity contribution in [1.29, 1.82) is 0 Å². The van der Waals surface area contributed by atoms with Gasteiger partial charge in [0.25, 0.3) is 0 Å². The second-order valence-electron chi connectivity index (χ2n) is 8.20. The smallest absolute Gasteiger partial charge is 0.407 e. The summed E-state index contributed by atoms with van der Waals surface area (Å²) in [6.07, 6.45) is -1.80. The molecule has 4 atom stereocenters. The second kappa shape index (κ2) is 7.87. The summed E-state index contributed by atoms with van der Waals surface area (Å²) in [5.74, 6) is -1.73. The van der Waals surface area contributed by atoms with Gasteiger partial charge in [-0.25, -0.2) is 13.6 Å². The first kappa shape index (κ1) is 21.4. The molecule has 0 bridgehead atoms. The number of piperidine rings is 1. The van der Waals surface area contributed by atoms with E-state index in [1.165, 1.54) is 24.0 Å². The maximum atomic E-state index is 13.7. The first-order valence-electron chi connectivity index (χ1n) is 9.60. The highest BCUT2D eigenvalue weighted by atomic mass is 19.1. The molecule has 0 spiro atoms. The van der Waals surface area contributed by atoms with Crippen LogP contribution in [0.2, 0.25) is 0 Å². The van der Waals surface area contributed by atoms with Gasteiger partial charge in [0, 0.05) is 13.0 Å². The maximum Gasteiger partial charge on any atom is 0.407 e. The number of β-amino-alcohol motifs (C(OH)–C–C–N with tert-alkyl or cyclic N) is 1. The summed E-state index contributed by atoms with van der Waals surface area (Å²) in [5, 5.41) is 19.5. The Morgan fingerprint density at radius 2 is 1.83 bits per heavy atom. The van der Waals surface area contributed by atoms with Crippen LogP contribution in [0.15, 0.2) is 18.2 Å². The number of nitrogens with zero attached hydrogens (tertiary/aromatic N) is 2. The van der Waals surface area contributed by atoms with Crippen molar-refractivity contribution >= 4 is 12.0 Å². The lowest BCUT2D eigenvalue weighted by molar-refractivity contribution is -0.146. The molecular formula is C20H26F2N2O5. The van der Waals surface area contributed by atoms with E-state index < -0.39 is 47.7 Å². The molecule has 0 unspecified atom stereocenters. The highest BCUT2D eigenvalue weighted by Crippen LogP contribution is 2.39. The number of hydrogen-bond donors (Lipinski definition) is 2. The van der Waals surface area contributed by atoms with Crippen LogP contribution in [0.4, 0.5) is 13.6 Å². The molecule has 1 aromatic carbocycles. The molecular weight excluding hydrogens is 386 g/mol. The molecule has 0 aromatic heterocycles. The summed E-state index contributed by atoms with van der Waals surface area (Å²) < 4.78 is 33.6. The molecule has 0 radical (unpaired) electrons. The average molecular weight is 412 g/mol. The van der Waals surface area contributed by atoms with Gasteiger partial charge in [0.1, 0.15) is 23.5 Å². The molecule has 29 heavy (non-hydrogen) atoms. The van der Waals surface area contributed by atoms with E-state index in [1.807, 2.05) is 0 Å². The minimum Gasteiger partial charge on any atom is -0.465 e. The third kappa shape index (κ3) is 4.35. The standard InChI is InChI=1S/C20H26F2N2O5/c1-11(25)24-17(8-12-6-13(21)9-14(22)7-12)18(29-20(24,2)3)16-5-4-15(26)10-23(16)19(27)28/h6-7,9,15-18,26H,4-5,8,10H2,1-3H3,(H,27,28)/t15-,16-,17+,18-/m1/s1. The van der Waals surface area contributed by atoms with Gasteiger partial charge >= 0.3 is 6.09 Å². The van der Waals surface area contributed by atoms with Crippen LogP contribution in [0.3, 0.4) is 0 Å².